The molecule has 5 nitrogen and oxygen atoms in total. The van der Waals surface area contributed by atoms with Gasteiger partial charge in [-0.3, -0.25) is 0 Å². The Balaban J connectivity index is 1.93. The largest absolute Gasteiger partial charge is 0.359 e. The maximum Gasteiger partial charge on any atom is 0.144 e. The van der Waals surface area contributed by atoms with Crippen molar-refractivity contribution in [2.24, 2.45) is 5.92 Å². The number of rotatable bonds is 5. The molecular weight excluding hydrogens is 286 g/mol. The number of hydrogen-bond donors (Lipinski definition) is 2. The van der Waals surface area contributed by atoms with Gasteiger partial charge >= 0.3 is 0 Å². The minimum absolute atomic E-state index is 0.764. The minimum Gasteiger partial charge on any atom is -0.359 e. The van der Waals surface area contributed by atoms with Gasteiger partial charge < -0.3 is 15.2 Å². The highest BCUT2D eigenvalue weighted by Gasteiger charge is 2.20. The normalized spacial score (nSPS) is 15.4. The Morgan fingerprint density at radius 1 is 1.33 bits per heavy atom. The van der Waals surface area contributed by atoms with E-state index in [9.17, 15) is 0 Å². The van der Waals surface area contributed by atoms with Gasteiger partial charge in [0.05, 0.1) is 10.4 Å². The number of nitrogens with zero attached hydrogens (tertiary/aromatic N) is 3. The molecule has 21 heavy (non-hydrogen) atoms. The Morgan fingerprint density at radius 3 is 2.71 bits per heavy atom. The van der Waals surface area contributed by atoms with Crippen molar-refractivity contribution in [3.8, 4) is 0 Å². The van der Waals surface area contributed by atoms with Crippen LogP contribution in [0.2, 0.25) is 5.02 Å². The topological polar surface area (TPSA) is 56.8 Å². The number of nitrogens with one attached hydrogen (secondary N) is 2. The summed E-state index contributed by atoms with van der Waals surface area (Å²) >= 11 is 6.51. The first-order valence-electron chi connectivity index (χ1n) is 7.56. The van der Waals surface area contributed by atoms with Crippen LogP contribution in [0, 0.1) is 12.8 Å². The molecule has 1 aliphatic rings. The number of hydrogen-bond acceptors (Lipinski definition) is 4. The molecular formula is C15H22ClN5. The van der Waals surface area contributed by atoms with Crippen molar-refractivity contribution in [3.63, 3.8) is 0 Å². The van der Waals surface area contributed by atoms with E-state index in [1.54, 1.807) is 0 Å². The molecule has 2 aromatic rings. The van der Waals surface area contributed by atoms with Crippen LogP contribution in [0.1, 0.15) is 24.9 Å². The molecule has 3 rings (SSSR count). The van der Waals surface area contributed by atoms with E-state index in [1.165, 1.54) is 6.42 Å². The number of aromatic nitrogens is 3. The summed E-state index contributed by atoms with van der Waals surface area (Å²) in [6.07, 6.45) is 2.04. The number of aryl methyl sites for hydroxylation is 2. The lowest BCUT2D eigenvalue weighted by Gasteiger charge is -2.29. The van der Waals surface area contributed by atoms with Gasteiger partial charge in [0.2, 0.25) is 0 Å². The highest BCUT2D eigenvalue weighted by Crippen LogP contribution is 2.33. The number of halogens is 1. The molecule has 2 aromatic heterocycles. The lowest BCUT2D eigenvalue weighted by molar-refractivity contribution is 0.330. The van der Waals surface area contributed by atoms with E-state index in [2.05, 4.69) is 39.1 Å². The van der Waals surface area contributed by atoms with Gasteiger partial charge in [-0.2, -0.15) is 0 Å². The second-order valence-corrected chi connectivity index (χ2v) is 6.20. The van der Waals surface area contributed by atoms with Crippen LogP contribution in [0.25, 0.3) is 11.0 Å². The maximum atomic E-state index is 6.51. The first-order chi connectivity index (χ1) is 10.1. The van der Waals surface area contributed by atoms with Crippen molar-refractivity contribution in [1.82, 2.24) is 20.3 Å². The zero-order valence-corrected chi connectivity index (χ0v) is 13.6. The van der Waals surface area contributed by atoms with Gasteiger partial charge in [0.1, 0.15) is 17.3 Å². The van der Waals surface area contributed by atoms with E-state index in [0.29, 0.717) is 0 Å². The zero-order valence-electron chi connectivity index (χ0n) is 12.8. The lowest BCUT2D eigenvalue weighted by atomic mass is 9.99. The summed E-state index contributed by atoms with van der Waals surface area (Å²) in [5.41, 5.74) is 1.88. The molecule has 0 atom stereocenters. The van der Waals surface area contributed by atoms with Gasteiger partial charge in [0, 0.05) is 19.3 Å². The zero-order chi connectivity index (χ0) is 15.0. The molecule has 0 amide bonds. The van der Waals surface area contributed by atoms with Crippen LogP contribution in [0.3, 0.4) is 0 Å². The smallest absolute Gasteiger partial charge is 0.144 e. The fraction of sp³-hybridized carbons (Fsp3) is 0.600. The van der Waals surface area contributed by atoms with Crippen LogP contribution in [0.4, 0.5) is 5.82 Å². The predicted molar refractivity (Wildman–Crippen MR) is 87.3 cm³/mol. The summed E-state index contributed by atoms with van der Waals surface area (Å²) in [4.78, 5) is 14.6. The third-order valence-electron chi connectivity index (χ3n) is 4.21. The molecule has 0 unspecified atom stereocenters. The molecule has 0 spiro atoms. The number of H-pyrrole nitrogens is 1. The molecule has 1 aliphatic heterocycles. The summed E-state index contributed by atoms with van der Waals surface area (Å²) in [5.74, 6) is 2.50. The molecule has 0 saturated carbocycles. The second kappa shape index (κ2) is 5.81. The number of anilines is 1. The molecule has 3 heterocycles. The van der Waals surface area contributed by atoms with Crippen LogP contribution in [-0.2, 0) is 6.42 Å². The Kier molecular flexibility index (Phi) is 4.04. The van der Waals surface area contributed by atoms with Crippen molar-refractivity contribution in [2.75, 3.05) is 31.6 Å². The van der Waals surface area contributed by atoms with E-state index in [-0.39, 0.29) is 0 Å². The van der Waals surface area contributed by atoms with Crippen molar-refractivity contribution in [2.45, 2.75) is 26.7 Å². The Morgan fingerprint density at radius 2 is 2.10 bits per heavy atom. The van der Waals surface area contributed by atoms with Gasteiger partial charge in [0.15, 0.2) is 0 Å². The summed E-state index contributed by atoms with van der Waals surface area (Å²) in [7, 11) is 2.09. The van der Waals surface area contributed by atoms with E-state index < -0.39 is 0 Å². The second-order valence-electron chi connectivity index (χ2n) is 5.82. The van der Waals surface area contributed by atoms with Crippen LogP contribution in [0.5, 0.6) is 0 Å². The van der Waals surface area contributed by atoms with Crippen molar-refractivity contribution >= 4 is 28.5 Å². The molecule has 0 aromatic carbocycles. The van der Waals surface area contributed by atoms with Gasteiger partial charge in [-0.15, -0.1) is 0 Å². The van der Waals surface area contributed by atoms with Gasteiger partial charge in [-0.05, 0) is 38.8 Å². The fourth-order valence-electron chi connectivity index (χ4n) is 2.75. The Bertz CT molecular complexity index is 647. The maximum absolute atomic E-state index is 6.51. The van der Waals surface area contributed by atoms with E-state index >= 15 is 0 Å². The standard InChI is InChI=1S/C15H22ClN5/c1-4-11-13(16)12-14(20-11)18-9(2)19-15(12)21(3)6-5-10-7-17-8-10/h10,17H,4-8H2,1-3H3,(H,18,19,20). The minimum atomic E-state index is 0.764. The quantitative estimate of drug-likeness (QED) is 0.891. The van der Waals surface area contributed by atoms with Gasteiger partial charge in [-0.1, -0.05) is 18.5 Å². The third-order valence-corrected chi connectivity index (χ3v) is 4.63. The number of aromatic amines is 1. The summed E-state index contributed by atoms with van der Waals surface area (Å²) in [6.45, 7) is 7.27. The summed E-state index contributed by atoms with van der Waals surface area (Å²) < 4.78 is 0. The summed E-state index contributed by atoms with van der Waals surface area (Å²) in [6, 6.07) is 0. The van der Waals surface area contributed by atoms with E-state index in [4.69, 9.17) is 11.6 Å². The Labute approximate surface area is 130 Å². The fourth-order valence-corrected chi connectivity index (χ4v) is 3.11. The van der Waals surface area contributed by atoms with Gasteiger partial charge in [0.25, 0.3) is 0 Å². The molecule has 0 radical (unpaired) electrons. The van der Waals surface area contributed by atoms with Crippen molar-refractivity contribution in [3.05, 3.63) is 16.5 Å². The average molecular weight is 308 g/mol. The van der Waals surface area contributed by atoms with Crippen molar-refractivity contribution < 1.29 is 0 Å². The third kappa shape index (κ3) is 2.72. The summed E-state index contributed by atoms with van der Waals surface area (Å²) in [5, 5.41) is 5.03. The van der Waals surface area contributed by atoms with E-state index in [1.807, 2.05) is 6.92 Å². The molecule has 6 heteroatoms. The molecule has 114 valence electrons. The molecule has 1 fully saturated rings. The first-order valence-corrected chi connectivity index (χ1v) is 7.94. The molecule has 0 bridgehead atoms. The average Bonchev–Trinajstić information content (AvgIpc) is 2.72. The first kappa shape index (κ1) is 14.6. The molecule has 2 N–H and O–H groups in total. The van der Waals surface area contributed by atoms with Crippen LogP contribution in [-0.4, -0.2) is 41.6 Å². The Hall–Kier alpha value is -1.33. The SMILES string of the molecule is CCc1[nH]c2nc(C)nc(N(C)CCC3CNC3)c2c1Cl. The monoisotopic (exact) mass is 307 g/mol. The van der Waals surface area contributed by atoms with Crippen LogP contribution < -0.4 is 10.2 Å². The highest BCUT2D eigenvalue weighted by atomic mass is 35.5. The predicted octanol–water partition coefficient (Wildman–Crippen LogP) is 2.53. The van der Waals surface area contributed by atoms with Crippen molar-refractivity contribution in [1.29, 1.82) is 0 Å². The van der Waals surface area contributed by atoms with E-state index in [0.717, 1.165) is 65.4 Å². The lowest BCUT2D eigenvalue weighted by Crippen LogP contribution is -2.43. The van der Waals surface area contributed by atoms with Crippen LogP contribution in [0.15, 0.2) is 0 Å². The van der Waals surface area contributed by atoms with Gasteiger partial charge in [-0.25, -0.2) is 9.97 Å². The molecule has 1 saturated heterocycles. The molecule has 0 aliphatic carbocycles. The van der Waals surface area contributed by atoms with Crippen LogP contribution >= 0.6 is 11.6 Å². The number of fused-ring (bicyclic) bond motifs is 1. The highest BCUT2D eigenvalue weighted by molar-refractivity contribution is 6.37.